The Morgan fingerprint density at radius 3 is 2.67 bits per heavy atom. The number of rotatable bonds is 5. The lowest BCUT2D eigenvalue weighted by Crippen LogP contribution is -2.22. The van der Waals surface area contributed by atoms with Gasteiger partial charge in [0.25, 0.3) is 0 Å². The van der Waals surface area contributed by atoms with E-state index in [1.807, 2.05) is 19.1 Å². The molecule has 2 aromatic rings. The number of aromatic nitrogens is 2. The van der Waals surface area contributed by atoms with Crippen LogP contribution in [-0.4, -0.2) is 16.5 Å². The fourth-order valence-electron chi connectivity index (χ4n) is 1.73. The predicted molar refractivity (Wildman–Crippen MR) is 68.6 cm³/mol. The quantitative estimate of drug-likeness (QED) is 0.879. The Balaban J connectivity index is 1.81. The summed E-state index contributed by atoms with van der Waals surface area (Å²) in [6, 6.07) is 7.26. The number of hydrogen-bond acceptors (Lipinski definition) is 3. The first-order valence-corrected chi connectivity index (χ1v) is 5.99. The summed E-state index contributed by atoms with van der Waals surface area (Å²) in [7, 11) is 0. The zero-order chi connectivity index (χ0) is 12.8. The van der Waals surface area contributed by atoms with Crippen molar-refractivity contribution in [3.63, 3.8) is 0 Å². The molecule has 0 aliphatic rings. The van der Waals surface area contributed by atoms with E-state index >= 15 is 0 Å². The lowest BCUT2D eigenvalue weighted by Gasteiger charge is -2.13. The second-order valence-corrected chi connectivity index (χ2v) is 4.18. The Morgan fingerprint density at radius 2 is 2.00 bits per heavy atom. The highest BCUT2D eigenvalue weighted by Crippen LogP contribution is 2.09. The molecule has 0 fully saturated rings. The predicted octanol–water partition coefficient (Wildman–Crippen LogP) is 2.51. The van der Waals surface area contributed by atoms with E-state index in [0.717, 1.165) is 18.7 Å². The topological polar surface area (TPSA) is 37.8 Å². The maximum Gasteiger partial charge on any atom is 0.141 e. The molecule has 2 heterocycles. The molecule has 0 aliphatic carbocycles. The second kappa shape index (κ2) is 6.21. The van der Waals surface area contributed by atoms with Gasteiger partial charge < -0.3 is 5.32 Å². The van der Waals surface area contributed by atoms with Gasteiger partial charge in [-0.2, -0.15) is 0 Å². The van der Waals surface area contributed by atoms with E-state index in [9.17, 15) is 4.39 Å². The van der Waals surface area contributed by atoms with Crippen LogP contribution in [0.25, 0.3) is 0 Å². The Labute approximate surface area is 106 Å². The van der Waals surface area contributed by atoms with E-state index in [1.54, 1.807) is 18.5 Å². The molecule has 2 aromatic heterocycles. The van der Waals surface area contributed by atoms with Gasteiger partial charge in [-0.3, -0.25) is 9.97 Å². The van der Waals surface area contributed by atoms with Crippen LogP contribution in [0.4, 0.5) is 4.39 Å². The molecule has 0 aromatic carbocycles. The van der Waals surface area contributed by atoms with Crippen LogP contribution < -0.4 is 5.32 Å². The molecule has 1 N–H and O–H groups in total. The standard InChI is InChI=1S/C14H16FN3/c1-11(14-3-2-13(15)10-18-14)17-9-6-12-4-7-16-8-5-12/h2-5,7-8,10-11,17H,6,9H2,1H3. The Hall–Kier alpha value is -1.81. The molecule has 94 valence electrons. The van der Waals surface area contributed by atoms with Gasteiger partial charge in [0.15, 0.2) is 0 Å². The fraction of sp³-hybridized carbons (Fsp3) is 0.286. The normalized spacial score (nSPS) is 12.3. The average molecular weight is 245 g/mol. The molecule has 0 aliphatic heterocycles. The van der Waals surface area contributed by atoms with Crippen LogP contribution in [0.5, 0.6) is 0 Å². The van der Waals surface area contributed by atoms with Crippen molar-refractivity contribution in [3.8, 4) is 0 Å². The molecule has 0 spiro atoms. The number of pyridine rings is 2. The molecular weight excluding hydrogens is 229 g/mol. The van der Waals surface area contributed by atoms with Gasteiger partial charge in [-0.05, 0) is 49.7 Å². The summed E-state index contributed by atoms with van der Waals surface area (Å²) in [6.45, 7) is 2.87. The van der Waals surface area contributed by atoms with Crippen LogP contribution in [0, 0.1) is 5.82 Å². The van der Waals surface area contributed by atoms with Gasteiger partial charge in [-0.15, -0.1) is 0 Å². The third kappa shape index (κ3) is 3.60. The van der Waals surface area contributed by atoms with Crippen LogP contribution in [0.2, 0.25) is 0 Å². The van der Waals surface area contributed by atoms with Gasteiger partial charge in [0.2, 0.25) is 0 Å². The van der Waals surface area contributed by atoms with E-state index in [4.69, 9.17) is 0 Å². The van der Waals surface area contributed by atoms with Gasteiger partial charge in [-0.25, -0.2) is 4.39 Å². The number of halogens is 1. The van der Waals surface area contributed by atoms with E-state index in [0.29, 0.717) is 0 Å². The minimum atomic E-state index is -0.303. The molecule has 0 amide bonds. The molecule has 4 heteroatoms. The van der Waals surface area contributed by atoms with Crippen molar-refractivity contribution in [1.29, 1.82) is 0 Å². The molecule has 0 saturated heterocycles. The van der Waals surface area contributed by atoms with Crippen LogP contribution >= 0.6 is 0 Å². The summed E-state index contributed by atoms with van der Waals surface area (Å²) in [4.78, 5) is 8.03. The molecule has 1 atom stereocenters. The zero-order valence-corrected chi connectivity index (χ0v) is 10.3. The highest BCUT2D eigenvalue weighted by atomic mass is 19.1. The summed E-state index contributed by atoms with van der Waals surface area (Å²) in [5, 5.41) is 3.36. The van der Waals surface area contributed by atoms with E-state index in [-0.39, 0.29) is 11.9 Å². The average Bonchev–Trinajstić information content (AvgIpc) is 2.40. The van der Waals surface area contributed by atoms with Gasteiger partial charge in [-0.1, -0.05) is 0 Å². The van der Waals surface area contributed by atoms with Gasteiger partial charge >= 0.3 is 0 Å². The highest BCUT2D eigenvalue weighted by Gasteiger charge is 2.05. The summed E-state index contributed by atoms with van der Waals surface area (Å²) in [5.74, 6) is -0.303. The third-order valence-electron chi connectivity index (χ3n) is 2.81. The van der Waals surface area contributed by atoms with Crippen molar-refractivity contribution >= 4 is 0 Å². The number of nitrogens with zero attached hydrogens (tertiary/aromatic N) is 2. The molecule has 18 heavy (non-hydrogen) atoms. The molecule has 2 rings (SSSR count). The number of nitrogens with one attached hydrogen (secondary N) is 1. The number of hydrogen-bond donors (Lipinski definition) is 1. The first-order valence-electron chi connectivity index (χ1n) is 5.99. The Bertz CT molecular complexity index is 470. The van der Waals surface area contributed by atoms with Crippen LogP contribution in [0.1, 0.15) is 24.2 Å². The first kappa shape index (κ1) is 12.6. The summed E-state index contributed by atoms with van der Waals surface area (Å²) < 4.78 is 12.7. The van der Waals surface area contributed by atoms with E-state index < -0.39 is 0 Å². The van der Waals surface area contributed by atoms with Gasteiger partial charge in [0, 0.05) is 18.4 Å². The molecule has 3 nitrogen and oxygen atoms in total. The Kier molecular flexibility index (Phi) is 4.36. The Morgan fingerprint density at radius 1 is 1.22 bits per heavy atom. The van der Waals surface area contributed by atoms with Gasteiger partial charge in [0.1, 0.15) is 5.82 Å². The largest absolute Gasteiger partial charge is 0.309 e. The smallest absolute Gasteiger partial charge is 0.141 e. The highest BCUT2D eigenvalue weighted by molar-refractivity contribution is 5.11. The lowest BCUT2D eigenvalue weighted by atomic mass is 10.1. The van der Waals surface area contributed by atoms with Crippen molar-refractivity contribution < 1.29 is 4.39 Å². The van der Waals surface area contributed by atoms with Crippen molar-refractivity contribution in [2.45, 2.75) is 19.4 Å². The van der Waals surface area contributed by atoms with E-state index in [1.165, 1.54) is 17.8 Å². The summed E-state index contributed by atoms with van der Waals surface area (Å²) >= 11 is 0. The molecule has 1 unspecified atom stereocenters. The lowest BCUT2D eigenvalue weighted by molar-refractivity contribution is 0.557. The summed E-state index contributed by atoms with van der Waals surface area (Å²) in [5.41, 5.74) is 2.10. The van der Waals surface area contributed by atoms with Crippen molar-refractivity contribution in [2.75, 3.05) is 6.54 Å². The van der Waals surface area contributed by atoms with Crippen molar-refractivity contribution in [2.24, 2.45) is 0 Å². The summed E-state index contributed by atoms with van der Waals surface area (Å²) in [6.07, 6.45) is 5.77. The van der Waals surface area contributed by atoms with Crippen LogP contribution in [0.3, 0.4) is 0 Å². The molecule has 0 bridgehead atoms. The van der Waals surface area contributed by atoms with E-state index in [2.05, 4.69) is 15.3 Å². The minimum Gasteiger partial charge on any atom is -0.309 e. The maximum atomic E-state index is 12.7. The minimum absolute atomic E-state index is 0.118. The van der Waals surface area contributed by atoms with Crippen molar-refractivity contribution in [3.05, 3.63) is 59.9 Å². The van der Waals surface area contributed by atoms with Crippen LogP contribution in [0.15, 0.2) is 42.9 Å². The molecular formula is C14H16FN3. The zero-order valence-electron chi connectivity index (χ0n) is 10.3. The SMILES string of the molecule is CC(NCCc1ccncc1)c1ccc(F)cn1. The molecule has 0 saturated carbocycles. The second-order valence-electron chi connectivity index (χ2n) is 4.18. The fourth-order valence-corrected chi connectivity index (χ4v) is 1.73. The van der Waals surface area contributed by atoms with Crippen LogP contribution in [-0.2, 0) is 6.42 Å². The van der Waals surface area contributed by atoms with Gasteiger partial charge in [0.05, 0.1) is 11.9 Å². The maximum absolute atomic E-state index is 12.7. The third-order valence-corrected chi connectivity index (χ3v) is 2.81. The first-order chi connectivity index (χ1) is 8.75. The monoisotopic (exact) mass is 245 g/mol. The molecule has 0 radical (unpaired) electrons. The van der Waals surface area contributed by atoms with Crippen molar-refractivity contribution in [1.82, 2.24) is 15.3 Å².